The van der Waals surface area contributed by atoms with Crippen molar-refractivity contribution < 1.29 is 37.8 Å². The van der Waals surface area contributed by atoms with Crippen LogP contribution in [0.2, 0.25) is 0 Å². The molecule has 0 aromatic rings. The molecule has 1 unspecified atom stereocenters. The molecule has 0 heterocycles. The van der Waals surface area contributed by atoms with Crippen LogP contribution in [0.25, 0.3) is 0 Å². The van der Waals surface area contributed by atoms with Gasteiger partial charge in [-0.05, 0) is 12.8 Å². The molecule has 0 rings (SSSR count). The second-order valence-electron chi connectivity index (χ2n) is 0.827. The molecule has 1 atom stereocenters. The van der Waals surface area contributed by atoms with E-state index >= 15 is 0 Å². The molecule has 0 saturated carbocycles. The summed E-state index contributed by atoms with van der Waals surface area (Å²) in [6, 6.07) is 0. The summed E-state index contributed by atoms with van der Waals surface area (Å²) in [6.45, 7) is 2.44. The molecule has 0 spiro atoms. The maximum Gasteiger partial charge on any atom is 0.0467 e. The van der Waals surface area contributed by atoms with Gasteiger partial charge in [0.1, 0.15) is 0 Å². The number of hydrogen-bond acceptors (Lipinski definition) is 1. The molecule has 0 aliphatic rings. The topological polar surface area (TPSA) is 20.2 Å². The summed E-state index contributed by atoms with van der Waals surface area (Å²) in [7, 11) is 0.908. The second-order valence-corrected chi connectivity index (χ2v) is 2.03. The largest absolute Gasteiger partial charge is 0.396 e. The van der Waals surface area contributed by atoms with Crippen LogP contribution in [0.15, 0.2) is 0 Å². The van der Waals surface area contributed by atoms with Crippen molar-refractivity contribution in [1.29, 1.82) is 0 Å². The minimum Gasteiger partial charge on any atom is -0.396 e. The van der Waals surface area contributed by atoms with Crippen molar-refractivity contribution in [2.75, 3.05) is 19.4 Å². The van der Waals surface area contributed by atoms with Crippen molar-refractivity contribution in [3.05, 3.63) is 0 Å². The molecule has 0 aliphatic heterocycles. The van der Waals surface area contributed by atoms with Crippen LogP contribution >= 0.6 is 8.58 Å². The molecule has 0 aromatic heterocycles. The van der Waals surface area contributed by atoms with E-state index < -0.39 is 0 Å². The molecule has 3 heteroatoms. The van der Waals surface area contributed by atoms with Crippen LogP contribution in [0.4, 0.5) is 0 Å². The Balaban J connectivity index is 0. The van der Waals surface area contributed by atoms with Gasteiger partial charge in [-0.2, -0.15) is 0 Å². The van der Waals surface area contributed by atoms with E-state index in [1.54, 1.807) is 0 Å². The summed E-state index contributed by atoms with van der Waals surface area (Å²) in [6.07, 6.45) is 0.972. The Hall–Kier alpha value is 1.49. The quantitative estimate of drug-likeness (QED) is 0.606. The van der Waals surface area contributed by atoms with Crippen LogP contribution in [0.1, 0.15) is 0 Å². The molecule has 6 heavy (non-hydrogen) atoms. The summed E-state index contributed by atoms with van der Waals surface area (Å²) in [5, 5.41) is 8.07. The van der Waals surface area contributed by atoms with Crippen molar-refractivity contribution in [2.45, 2.75) is 0 Å². The Kier molecular flexibility index (Phi) is 16.9. The molecule has 1 N–H and O–H groups in total. The second kappa shape index (κ2) is 9.71. The van der Waals surface area contributed by atoms with Gasteiger partial charge in [-0.25, -0.2) is 0 Å². The van der Waals surface area contributed by atoms with Crippen LogP contribution in [-0.2, 0) is 32.7 Å². The maximum absolute atomic E-state index is 8.07. The van der Waals surface area contributed by atoms with E-state index in [-0.39, 0.29) is 32.7 Å². The summed E-state index contributed by atoms with van der Waals surface area (Å²) in [5.74, 6) is 0. The van der Waals surface area contributed by atoms with Gasteiger partial charge in [-0.3, -0.25) is 0 Å². The van der Waals surface area contributed by atoms with E-state index in [4.69, 9.17) is 5.11 Å². The van der Waals surface area contributed by atoms with Crippen LogP contribution in [-0.4, -0.2) is 24.5 Å². The average Bonchev–Trinajstić information content (AvgIpc) is 1.41. The SMILES string of the molecule is CPCCO.[Y]. The molecule has 1 nitrogen and oxygen atoms in total. The molecule has 0 fully saturated rings. The fourth-order valence-corrected chi connectivity index (χ4v) is 0.335. The molecule has 1 radical (unpaired) electrons. The molecule has 0 amide bonds. The first-order valence-corrected chi connectivity index (χ1v) is 3.38. The van der Waals surface area contributed by atoms with Crippen molar-refractivity contribution in [3.8, 4) is 0 Å². The summed E-state index contributed by atoms with van der Waals surface area (Å²) >= 11 is 0. The number of hydrogen-bond donors (Lipinski definition) is 1. The Morgan fingerprint density at radius 1 is 1.67 bits per heavy atom. The minimum absolute atomic E-state index is 0. The number of aliphatic hydroxyl groups is 1. The molecular weight excluding hydrogens is 172 g/mol. The van der Waals surface area contributed by atoms with Crippen molar-refractivity contribution in [3.63, 3.8) is 0 Å². The van der Waals surface area contributed by atoms with Crippen LogP contribution in [0.3, 0.4) is 0 Å². The van der Waals surface area contributed by atoms with E-state index in [1.807, 2.05) is 0 Å². The predicted octanol–water partition coefficient (Wildman–Crippen LogP) is 0.284. The van der Waals surface area contributed by atoms with E-state index in [1.165, 1.54) is 0 Å². The van der Waals surface area contributed by atoms with Gasteiger partial charge >= 0.3 is 0 Å². The van der Waals surface area contributed by atoms with Crippen LogP contribution in [0.5, 0.6) is 0 Å². The molecule has 0 bridgehead atoms. The van der Waals surface area contributed by atoms with Crippen molar-refractivity contribution >= 4 is 8.58 Å². The zero-order valence-electron chi connectivity index (χ0n) is 3.94. The first kappa shape index (κ1) is 10.5. The van der Waals surface area contributed by atoms with Gasteiger partial charge < -0.3 is 5.11 Å². The number of rotatable bonds is 2. The van der Waals surface area contributed by atoms with E-state index in [9.17, 15) is 0 Å². The van der Waals surface area contributed by atoms with Crippen LogP contribution < -0.4 is 0 Å². The van der Waals surface area contributed by atoms with Gasteiger partial charge in [0.15, 0.2) is 0 Å². The Morgan fingerprint density at radius 2 is 2.17 bits per heavy atom. The molecule has 0 aliphatic carbocycles. The zero-order valence-corrected chi connectivity index (χ0v) is 7.78. The monoisotopic (exact) mass is 181 g/mol. The van der Waals surface area contributed by atoms with Gasteiger partial charge in [-0.15, -0.1) is 8.58 Å². The van der Waals surface area contributed by atoms with Gasteiger partial charge in [0.25, 0.3) is 0 Å². The maximum atomic E-state index is 8.07. The first-order chi connectivity index (χ1) is 2.41. The predicted molar refractivity (Wildman–Crippen MR) is 26.2 cm³/mol. The van der Waals surface area contributed by atoms with Gasteiger partial charge in [-0.1, -0.05) is 0 Å². The normalized spacial score (nSPS) is 9.00. The molecule has 0 aromatic carbocycles. The summed E-state index contributed by atoms with van der Waals surface area (Å²) in [5.41, 5.74) is 0. The van der Waals surface area contributed by atoms with Crippen LogP contribution in [0, 0.1) is 0 Å². The molecule has 0 saturated heterocycles. The summed E-state index contributed by atoms with van der Waals surface area (Å²) < 4.78 is 0. The smallest absolute Gasteiger partial charge is 0.0467 e. The Labute approximate surface area is 65.6 Å². The van der Waals surface area contributed by atoms with Gasteiger partial charge in [0, 0.05) is 39.3 Å². The van der Waals surface area contributed by atoms with Gasteiger partial charge in [0.05, 0.1) is 0 Å². The van der Waals surface area contributed by atoms with E-state index in [0.29, 0.717) is 6.61 Å². The molecular formula is C3H9OPY. The van der Waals surface area contributed by atoms with Gasteiger partial charge in [0.2, 0.25) is 0 Å². The number of aliphatic hydroxyl groups excluding tert-OH is 1. The first-order valence-electron chi connectivity index (χ1n) is 1.67. The third-order valence-electron chi connectivity index (χ3n) is 0.362. The Bertz CT molecular complexity index is 18.3. The Morgan fingerprint density at radius 3 is 2.17 bits per heavy atom. The fourth-order valence-electron chi connectivity index (χ4n) is 0.112. The van der Waals surface area contributed by atoms with Crippen molar-refractivity contribution in [2.24, 2.45) is 0 Å². The minimum atomic E-state index is 0. The summed E-state index contributed by atoms with van der Waals surface area (Å²) in [4.78, 5) is 0. The van der Waals surface area contributed by atoms with E-state index in [0.717, 1.165) is 14.7 Å². The fraction of sp³-hybridized carbons (Fsp3) is 1.00. The molecule has 35 valence electrons. The average molecular weight is 181 g/mol. The standard InChI is InChI=1S/C3H9OP.Y/c1-5-3-2-4;/h4-5H,2-3H2,1H3;. The third-order valence-corrected chi connectivity index (χ3v) is 1.09. The van der Waals surface area contributed by atoms with E-state index in [2.05, 4.69) is 6.66 Å². The third kappa shape index (κ3) is 9.09. The van der Waals surface area contributed by atoms with Crippen molar-refractivity contribution in [1.82, 2.24) is 0 Å². The zero-order chi connectivity index (χ0) is 4.12.